The van der Waals surface area contributed by atoms with E-state index in [1.807, 2.05) is 6.07 Å². The first-order valence-corrected chi connectivity index (χ1v) is 5.07. The van der Waals surface area contributed by atoms with Gasteiger partial charge in [0, 0.05) is 6.42 Å². The topological polar surface area (TPSA) is 43.4 Å². The van der Waals surface area contributed by atoms with Gasteiger partial charge in [0.05, 0.1) is 0 Å². The number of hydrogen-bond donors (Lipinski definition) is 0. The van der Waals surface area contributed by atoms with Crippen LogP contribution in [0.15, 0.2) is 30.3 Å². The normalized spacial score (nSPS) is 20.3. The van der Waals surface area contributed by atoms with Crippen molar-refractivity contribution in [3.05, 3.63) is 30.3 Å². The van der Waals surface area contributed by atoms with E-state index in [9.17, 15) is 9.59 Å². The molecule has 0 aromatic heterocycles. The molecule has 0 amide bonds. The minimum absolute atomic E-state index is 0.0101. The molecule has 1 aliphatic rings. The van der Waals surface area contributed by atoms with Crippen LogP contribution >= 0.6 is 0 Å². The monoisotopic (exact) mass is 204 g/mol. The first-order valence-electron chi connectivity index (χ1n) is 5.07. The van der Waals surface area contributed by atoms with Gasteiger partial charge in [0.1, 0.15) is 17.5 Å². The van der Waals surface area contributed by atoms with E-state index in [-0.39, 0.29) is 5.78 Å². The fraction of sp³-hybridized carbons (Fsp3) is 0.333. The maximum absolute atomic E-state index is 11.6. The molecule has 1 fully saturated rings. The summed E-state index contributed by atoms with van der Waals surface area (Å²) in [6.45, 7) is 0. The minimum atomic E-state index is -0.537. The van der Waals surface area contributed by atoms with E-state index in [2.05, 4.69) is 0 Å². The fourth-order valence-corrected chi connectivity index (χ4v) is 1.74. The number of Topliss-reactive ketones (excluding diaryl/α,β-unsaturated/α-hetero) is 1. The van der Waals surface area contributed by atoms with Crippen LogP contribution in [0.4, 0.5) is 0 Å². The smallest absolute Gasteiger partial charge is 0.321 e. The summed E-state index contributed by atoms with van der Waals surface area (Å²) in [6, 6.07) is 8.84. The standard InChI is InChI=1S/C12H12O3/c13-11-8-4-7-10(11)12(14)15-9-5-2-1-3-6-9/h1-3,5-6,10H,4,7-8H2. The second kappa shape index (κ2) is 4.26. The van der Waals surface area contributed by atoms with Crippen molar-refractivity contribution in [3.63, 3.8) is 0 Å². The van der Waals surface area contributed by atoms with Crippen molar-refractivity contribution in [2.75, 3.05) is 0 Å². The van der Waals surface area contributed by atoms with Gasteiger partial charge in [0.2, 0.25) is 0 Å². The zero-order valence-electron chi connectivity index (χ0n) is 8.31. The predicted molar refractivity (Wildman–Crippen MR) is 54.4 cm³/mol. The van der Waals surface area contributed by atoms with E-state index in [1.54, 1.807) is 24.3 Å². The Labute approximate surface area is 88.1 Å². The van der Waals surface area contributed by atoms with Crippen LogP contribution in [0.1, 0.15) is 19.3 Å². The lowest BCUT2D eigenvalue weighted by molar-refractivity contribution is -0.142. The summed E-state index contributed by atoms with van der Waals surface area (Å²) in [5.41, 5.74) is 0. The average molecular weight is 204 g/mol. The molecule has 0 spiro atoms. The Morgan fingerprint density at radius 3 is 2.60 bits per heavy atom. The predicted octanol–water partition coefficient (Wildman–Crippen LogP) is 1.96. The third-order valence-corrected chi connectivity index (χ3v) is 2.55. The summed E-state index contributed by atoms with van der Waals surface area (Å²) >= 11 is 0. The number of ether oxygens (including phenoxy) is 1. The van der Waals surface area contributed by atoms with Crippen LogP contribution in [0.5, 0.6) is 5.75 Å². The van der Waals surface area contributed by atoms with Gasteiger partial charge in [-0.1, -0.05) is 18.2 Å². The average Bonchev–Trinajstić information content (AvgIpc) is 2.66. The molecule has 1 aromatic carbocycles. The highest BCUT2D eigenvalue weighted by Gasteiger charge is 2.32. The molecule has 78 valence electrons. The van der Waals surface area contributed by atoms with Gasteiger partial charge in [0.15, 0.2) is 0 Å². The highest BCUT2D eigenvalue weighted by Crippen LogP contribution is 2.23. The number of carbonyl (C=O) groups excluding carboxylic acids is 2. The third-order valence-electron chi connectivity index (χ3n) is 2.55. The van der Waals surface area contributed by atoms with Gasteiger partial charge in [-0.25, -0.2) is 0 Å². The largest absolute Gasteiger partial charge is 0.426 e. The van der Waals surface area contributed by atoms with Crippen LogP contribution in [-0.4, -0.2) is 11.8 Å². The summed E-state index contributed by atoms with van der Waals surface area (Å²) < 4.78 is 5.11. The summed E-state index contributed by atoms with van der Waals surface area (Å²) in [4.78, 5) is 22.9. The Hall–Kier alpha value is -1.64. The number of rotatable bonds is 2. The molecule has 0 N–H and O–H groups in total. The van der Waals surface area contributed by atoms with E-state index < -0.39 is 11.9 Å². The van der Waals surface area contributed by atoms with Crippen LogP contribution in [0.2, 0.25) is 0 Å². The Bertz CT molecular complexity index is 370. The van der Waals surface area contributed by atoms with Crippen molar-refractivity contribution >= 4 is 11.8 Å². The zero-order valence-corrected chi connectivity index (χ0v) is 8.31. The molecule has 0 radical (unpaired) electrons. The maximum atomic E-state index is 11.6. The molecular formula is C12H12O3. The highest BCUT2D eigenvalue weighted by molar-refractivity contribution is 6.01. The number of carbonyl (C=O) groups is 2. The minimum Gasteiger partial charge on any atom is -0.426 e. The SMILES string of the molecule is O=C1CCCC1C(=O)Oc1ccccc1. The third kappa shape index (κ3) is 2.24. The number of esters is 1. The number of para-hydroxylation sites is 1. The Kier molecular flexibility index (Phi) is 2.81. The van der Waals surface area contributed by atoms with Gasteiger partial charge in [0.25, 0.3) is 0 Å². The number of hydrogen-bond acceptors (Lipinski definition) is 3. The van der Waals surface area contributed by atoms with Gasteiger partial charge in [-0.2, -0.15) is 0 Å². The molecule has 15 heavy (non-hydrogen) atoms. The Morgan fingerprint density at radius 2 is 2.00 bits per heavy atom. The van der Waals surface area contributed by atoms with Crippen molar-refractivity contribution in [3.8, 4) is 5.75 Å². The molecule has 2 rings (SSSR count). The first kappa shape index (κ1) is 9.90. The van der Waals surface area contributed by atoms with Crippen LogP contribution in [-0.2, 0) is 9.59 Å². The zero-order chi connectivity index (χ0) is 10.7. The van der Waals surface area contributed by atoms with Gasteiger partial charge < -0.3 is 4.74 Å². The summed E-state index contributed by atoms with van der Waals surface area (Å²) in [5.74, 6) is -0.438. The molecule has 1 atom stereocenters. The lowest BCUT2D eigenvalue weighted by Gasteiger charge is -2.07. The van der Waals surface area contributed by atoms with E-state index in [0.717, 1.165) is 6.42 Å². The maximum Gasteiger partial charge on any atom is 0.321 e. The lowest BCUT2D eigenvalue weighted by Crippen LogP contribution is -2.23. The molecule has 1 unspecified atom stereocenters. The first-order chi connectivity index (χ1) is 7.27. The van der Waals surface area contributed by atoms with E-state index in [4.69, 9.17) is 4.74 Å². The van der Waals surface area contributed by atoms with Crippen LogP contribution in [0.3, 0.4) is 0 Å². The van der Waals surface area contributed by atoms with E-state index in [0.29, 0.717) is 18.6 Å². The van der Waals surface area contributed by atoms with E-state index in [1.165, 1.54) is 0 Å². The molecule has 0 bridgehead atoms. The summed E-state index contributed by atoms with van der Waals surface area (Å²) in [6.07, 6.45) is 1.94. The van der Waals surface area contributed by atoms with Gasteiger partial charge in [-0.05, 0) is 25.0 Å². The van der Waals surface area contributed by atoms with Crippen molar-refractivity contribution in [1.82, 2.24) is 0 Å². The quantitative estimate of drug-likeness (QED) is 0.420. The van der Waals surface area contributed by atoms with Crippen molar-refractivity contribution < 1.29 is 14.3 Å². The van der Waals surface area contributed by atoms with Crippen LogP contribution in [0.25, 0.3) is 0 Å². The lowest BCUT2D eigenvalue weighted by atomic mass is 10.1. The van der Waals surface area contributed by atoms with Crippen molar-refractivity contribution in [2.45, 2.75) is 19.3 Å². The second-order valence-electron chi connectivity index (χ2n) is 3.65. The van der Waals surface area contributed by atoms with Gasteiger partial charge >= 0.3 is 5.97 Å². The molecule has 1 saturated carbocycles. The second-order valence-corrected chi connectivity index (χ2v) is 3.65. The molecule has 0 aliphatic heterocycles. The highest BCUT2D eigenvalue weighted by atomic mass is 16.5. The fourth-order valence-electron chi connectivity index (χ4n) is 1.74. The Balaban J connectivity index is 2.01. The molecule has 0 saturated heterocycles. The summed E-state index contributed by atoms with van der Waals surface area (Å²) in [7, 11) is 0. The van der Waals surface area contributed by atoms with Crippen molar-refractivity contribution in [2.24, 2.45) is 5.92 Å². The molecule has 3 heteroatoms. The van der Waals surface area contributed by atoms with Crippen molar-refractivity contribution in [1.29, 1.82) is 0 Å². The molecule has 1 aromatic rings. The molecule has 0 heterocycles. The number of ketones is 1. The van der Waals surface area contributed by atoms with Gasteiger partial charge in [-0.15, -0.1) is 0 Å². The number of benzene rings is 1. The molecular weight excluding hydrogens is 192 g/mol. The van der Waals surface area contributed by atoms with Gasteiger partial charge in [-0.3, -0.25) is 9.59 Å². The van der Waals surface area contributed by atoms with E-state index >= 15 is 0 Å². The summed E-state index contributed by atoms with van der Waals surface area (Å²) in [5, 5.41) is 0. The Morgan fingerprint density at radius 1 is 1.27 bits per heavy atom. The van der Waals surface area contributed by atoms with Crippen LogP contribution < -0.4 is 4.74 Å². The van der Waals surface area contributed by atoms with Crippen LogP contribution in [0, 0.1) is 5.92 Å². The molecule has 1 aliphatic carbocycles. The molecule has 3 nitrogen and oxygen atoms in total.